The van der Waals surface area contributed by atoms with Crippen LogP contribution in [0.3, 0.4) is 0 Å². The van der Waals surface area contributed by atoms with Gasteiger partial charge in [0.1, 0.15) is 0 Å². The third-order valence-corrected chi connectivity index (χ3v) is 4.12. The predicted molar refractivity (Wildman–Crippen MR) is 83.6 cm³/mol. The molecule has 22 heavy (non-hydrogen) atoms. The summed E-state index contributed by atoms with van der Waals surface area (Å²) < 4.78 is 27.3. The molecule has 3 nitrogen and oxygen atoms in total. The van der Waals surface area contributed by atoms with Crippen LogP contribution in [0.1, 0.15) is 22.8 Å². The number of amides is 1. The van der Waals surface area contributed by atoms with Gasteiger partial charge in [-0.2, -0.15) is 0 Å². The van der Waals surface area contributed by atoms with Gasteiger partial charge < -0.3 is 0 Å². The number of alkyl halides is 2. The fourth-order valence-electron chi connectivity index (χ4n) is 2.01. The van der Waals surface area contributed by atoms with Crippen LogP contribution in [0.2, 0.25) is 0 Å². The number of carbonyl (C=O) groups is 1. The van der Waals surface area contributed by atoms with Crippen molar-refractivity contribution in [1.82, 2.24) is 4.98 Å². The Morgan fingerprint density at radius 1 is 1.14 bits per heavy atom. The molecule has 0 radical (unpaired) electrons. The number of aromatic nitrogens is 1. The number of carbonyl (C=O) groups excluding carboxylic acids is 1. The van der Waals surface area contributed by atoms with Crippen LogP contribution in [-0.4, -0.2) is 10.9 Å². The molecular formula is C16H12F2N2OS. The second kappa shape index (κ2) is 5.46. The Labute approximate surface area is 129 Å². The van der Waals surface area contributed by atoms with Crippen LogP contribution in [-0.2, 0) is 5.92 Å². The van der Waals surface area contributed by atoms with E-state index in [0.717, 1.165) is 17.1 Å². The van der Waals surface area contributed by atoms with Crippen molar-refractivity contribution in [2.45, 2.75) is 12.8 Å². The number of fused-ring (bicyclic) bond motifs is 1. The van der Waals surface area contributed by atoms with Gasteiger partial charge in [0.25, 0.3) is 11.8 Å². The van der Waals surface area contributed by atoms with Gasteiger partial charge in [-0.15, -0.1) is 0 Å². The van der Waals surface area contributed by atoms with E-state index in [4.69, 9.17) is 0 Å². The van der Waals surface area contributed by atoms with Crippen LogP contribution < -0.4 is 5.32 Å². The molecule has 3 rings (SSSR count). The molecule has 0 spiro atoms. The van der Waals surface area contributed by atoms with Crippen LogP contribution in [0.5, 0.6) is 0 Å². The molecule has 0 aliphatic carbocycles. The number of nitrogens with one attached hydrogen (secondary N) is 1. The summed E-state index contributed by atoms with van der Waals surface area (Å²) in [7, 11) is 0. The number of halogens is 2. The first-order valence-corrected chi connectivity index (χ1v) is 7.40. The molecule has 0 atom stereocenters. The van der Waals surface area contributed by atoms with Crippen molar-refractivity contribution in [1.29, 1.82) is 0 Å². The molecule has 6 heteroatoms. The maximum absolute atomic E-state index is 13.1. The molecule has 0 saturated heterocycles. The summed E-state index contributed by atoms with van der Waals surface area (Å²) in [6, 6.07) is 12.8. The van der Waals surface area contributed by atoms with Crippen LogP contribution in [0, 0.1) is 0 Å². The number of anilines is 1. The Hall–Kier alpha value is -2.34. The normalized spacial score (nSPS) is 11.6. The smallest absolute Gasteiger partial charge is 0.270 e. The van der Waals surface area contributed by atoms with Crippen LogP contribution >= 0.6 is 11.3 Å². The molecule has 0 aliphatic rings. The van der Waals surface area contributed by atoms with E-state index >= 15 is 0 Å². The molecule has 1 aromatic heterocycles. The van der Waals surface area contributed by atoms with E-state index < -0.39 is 5.92 Å². The summed E-state index contributed by atoms with van der Waals surface area (Å²) >= 11 is 1.36. The van der Waals surface area contributed by atoms with Crippen LogP contribution in [0.25, 0.3) is 10.2 Å². The fourth-order valence-corrected chi connectivity index (χ4v) is 2.87. The number of rotatable bonds is 3. The van der Waals surface area contributed by atoms with Crippen LogP contribution in [0.15, 0.2) is 48.5 Å². The van der Waals surface area contributed by atoms with Gasteiger partial charge in [-0.25, -0.2) is 13.8 Å². The molecule has 0 aliphatic heterocycles. The molecule has 0 bridgehead atoms. The van der Waals surface area contributed by atoms with E-state index in [9.17, 15) is 13.6 Å². The van der Waals surface area contributed by atoms with E-state index in [0.29, 0.717) is 10.7 Å². The topological polar surface area (TPSA) is 42.0 Å². The van der Waals surface area contributed by atoms with Crippen LogP contribution in [0.4, 0.5) is 13.9 Å². The van der Waals surface area contributed by atoms with Crippen molar-refractivity contribution in [3.63, 3.8) is 0 Å². The number of benzene rings is 2. The number of para-hydroxylation sites is 1. The van der Waals surface area contributed by atoms with E-state index in [1.54, 1.807) is 0 Å². The summed E-state index contributed by atoms with van der Waals surface area (Å²) in [4.78, 5) is 16.4. The Bertz CT molecular complexity index is 789. The zero-order chi connectivity index (χ0) is 15.7. The molecule has 0 unspecified atom stereocenters. The average Bonchev–Trinajstić information content (AvgIpc) is 2.88. The molecular weight excluding hydrogens is 306 g/mol. The Morgan fingerprint density at radius 2 is 1.82 bits per heavy atom. The lowest BCUT2D eigenvalue weighted by Gasteiger charge is -2.10. The second-order valence-electron chi connectivity index (χ2n) is 4.91. The quantitative estimate of drug-likeness (QED) is 0.763. The van der Waals surface area contributed by atoms with Gasteiger partial charge in [-0.3, -0.25) is 10.1 Å². The minimum atomic E-state index is -2.91. The maximum atomic E-state index is 13.1. The van der Waals surface area contributed by atoms with Crippen molar-refractivity contribution < 1.29 is 13.6 Å². The predicted octanol–water partition coefficient (Wildman–Crippen LogP) is 4.66. The molecule has 1 amide bonds. The first-order valence-electron chi connectivity index (χ1n) is 6.59. The fraction of sp³-hybridized carbons (Fsp3) is 0.125. The molecule has 0 saturated carbocycles. The maximum Gasteiger partial charge on any atom is 0.270 e. The highest BCUT2D eigenvalue weighted by molar-refractivity contribution is 7.22. The summed E-state index contributed by atoms with van der Waals surface area (Å²) in [6.07, 6.45) is 0. The molecule has 1 N–H and O–H groups in total. The highest BCUT2D eigenvalue weighted by Gasteiger charge is 2.24. The third kappa shape index (κ3) is 2.96. The summed E-state index contributed by atoms with van der Waals surface area (Å²) in [5.74, 6) is -3.28. The van der Waals surface area contributed by atoms with Gasteiger partial charge in [0.2, 0.25) is 0 Å². The third-order valence-electron chi connectivity index (χ3n) is 3.17. The summed E-state index contributed by atoms with van der Waals surface area (Å²) in [5.41, 5.74) is 1.00. The lowest BCUT2D eigenvalue weighted by Crippen LogP contribution is -2.13. The molecule has 112 valence electrons. The van der Waals surface area contributed by atoms with Crippen molar-refractivity contribution in [3.8, 4) is 0 Å². The van der Waals surface area contributed by atoms with Gasteiger partial charge in [-0.1, -0.05) is 35.6 Å². The minimum absolute atomic E-state index is 0.121. The van der Waals surface area contributed by atoms with Gasteiger partial charge in [-0.05, 0) is 24.3 Å². The number of hydrogen-bond acceptors (Lipinski definition) is 3. The van der Waals surface area contributed by atoms with Gasteiger partial charge in [0.15, 0.2) is 5.13 Å². The molecule has 0 fully saturated rings. The van der Waals surface area contributed by atoms with E-state index in [1.165, 1.54) is 35.6 Å². The van der Waals surface area contributed by atoms with Crippen molar-refractivity contribution in [2.75, 3.05) is 5.32 Å². The number of thiazole rings is 1. The first-order chi connectivity index (χ1) is 10.4. The molecule has 2 aromatic carbocycles. The van der Waals surface area contributed by atoms with Crippen molar-refractivity contribution in [2.24, 2.45) is 0 Å². The average molecular weight is 318 g/mol. The number of nitrogens with zero attached hydrogens (tertiary/aromatic N) is 1. The number of hydrogen-bond donors (Lipinski definition) is 1. The van der Waals surface area contributed by atoms with Crippen molar-refractivity contribution in [3.05, 3.63) is 59.7 Å². The Kier molecular flexibility index (Phi) is 3.62. The second-order valence-corrected chi connectivity index (χ2v) is 5.94. The summed E-state index contributed by atoms with van der Waals surface area (Å²) in [6.45, 7) is 0.823. The zero-order valence-corrected chi connectivity index (χ0v) is 12.5. The zero-order valence-electron chi connectivity index (χ0n) is 11.6. The lowest BCUT2D eigenvalue weighted by atomic mass is 10.1. The highest BCUT2D eigenvalue weighted by atomic mass is 32.1. The largest absolute Gasteiger partial charge is 0.298 e. The van der Waals surface area contributed by atoms with Crippen molar-refractivity contribution >= 4 is 32.6 Å². The van der Waals surface area contributed by atoms with E-state index in [1.807, 2.05) is 24.3 Å². The molecule has 3 aromatic rings. The van der Waals surface area contributed by atoms with Gasteiger partial charge >= 0.3 is 0 Å². The van der Waals surface area contributed by atoms with Gasteiger partial charge in [0.05, 0.1) is 10.2 Å². The van der Waals surface area contributed by atoms with E-state index in [2.05, 4.69) is 10.3 Å². The standard InChI is InChI=1S/C16H12F2N2OS/c1-16(17,18)11-8-6-10(7-9-11)14(21)20-15-19-12-4-2-3-5-13(12)22-15/h2-9H,1H3,(H,19,20,21). The first kappa shape index (κ1) is 14.6. The van der Waals surface area contributed by atoms with Gasteiger partial charge in [0, 0.05) is 18.1 Å². The SMILES string of the molecule is CC(F)(F)c1ccc(C(=O)Nc2nc3ccccc3s2)cc1. The minimum Gasteiger partial charge on any atom is -0.298 e. The highest BCUT2D eigenvalue weighted by Crippen LogP contribution is 2.28. The Morgan fingerprint density at radius 3 is 2.45 bits per heavy atom. The van der Waals surface area contributed by atoms with E-state index in [-0.39, 0.29) is 11.5 Å². The lowest BCUT2D eigenvalue weighted by molar-refractivity contribution is 0.0174. The summed E-state index contributed by atoms with van der Waals surface area (Å²) in [5, 5.41) is 3.17. The Balaban J connectivity index is 1.79. The molecule has 1 heterocycles. The monoisotopic (exact) mass is 318 g/mol.